The van der Waals surface area contributed by atoms with Crippen molar-refractivity contribution < 1.29 is 4.52 Å². The van der Waals surface area contributed by atoms with Crippen molar-refractivity contribution >= 4 is 22.0 Å². The Kier molecular flexibility index (Phi) is 2.75. The zero-order valence-electron chi connectivity index (χ0n) is 9.58. The summed E-state index contributed by atoms with van der Waals surface area (Å²) in [6.45, 7) is 0. The Morgan fingerprint density at radius 2 is 1.94 bits per heavy atom. The molecule has 88 valence electrons. The molecule has 3 heterocycles. The third kappa shape index (κ3) is 2.08. The molecule has 4 heteroatoms. The summed E-state index contributed by atoms with van der Waals surface area (Å²) < 4.78 is 4.87. The SMILES string of the molecule is c1ccc2oncc2c1.c1cnc2cc[nH]c2c1. The van der Waals surface area contributed by atoms with Gasteiger partial charge in [0.15, 0.2) is 5.58 Å². The van der Waals surface area contributed by atoms with Crippen LogP contribution in [0.5, 0.6) is 0 Å². The first-order valence-corrected chi connectivity index (χ1v) is 5.61. The molecule has 1 aromatic carbocycles. The summed E-state index contributed by atoms with van der Waals surface area (Å²) in [6, 6.07) is 13.6. The highest BCUT2D eigenvalue weighted by Crippen LogP contribution is 2.10. The first kappa shape index (κ1) is 10.5. The molecule has 0 fully saturated rings. The fourth-order valence-electron chi connectivity index (χ4n) is 1.69. The Balaban J connectivity index is 0.000000111. The molecule has 4 rings (SSSR count). The number of hydrogen-bond acceptors (Lipinski definition) is 3. The summed E-state index contributed by atoms with van der Waals surface area (Å²) in [5, 5.41) is 4.68. The van der Waals surface area contributed by atoms with Crippen molar-refractivity contribution in [2.24, 2.45) is 0 Å². The Bertz CT molecular complexity index is 631. The second-order valence-electron chi connectivity index (χ2n) is 3.78. The van der Waals surface area contributed by atoms with Gasteiger partial charge in [-0.05, 0) is 30.3 Å². The number of H-pyrrole nitrogens is 1. The number of aromatic amines is 1. The number of rotatable bonds is 0. The molecule has 0 unspecified atom stereocenters. The summed E-state index contributed by atoms with van der Waals surface area (Å²) in [5.74, 6) is 0. The number of para-hydroxylation sites is 1. The maximum atomic E-state index is 4.87. The van der Waals surface area contributed by atoms with Crippen LogP contribution in [-0.4, -0.2) is 15.1 Å². The van der Waals surface area contributed by atoms with Crippen LogP contribution in [-0.2, 0) is 0 Å². The van der Waals surface area contributed by atoms with Crippen LogP contribution in [0.15, 0.2) is 65.6 Å². The lowest BCUT2D eigenvalue weighted by Gasteiger charge is -1.82. The molecule has 18 heavy (non-hydrogen) atoms. The monoisotopic (exact) mass is 237 g/mol. The van der Waals surface area contributed by atoms with Gasteiger partial charge in [0.05, 0.1) is 17.2 Å². The molecule has 0 aliphatic carbocycles. The third-order valence-electron chi connectivity index (χ3n) is 2.58. The molecule has 0 aliphatic heterocycles. The molecule has 1 N–H and O–H groups in total. The molecule has 4 nitrogen and oxygen atoms in total. The van der Waals surface area contributed by atoms with Crippen LogP contribution in [0.4, 0.5) is 0 Å². The molecule has 0 saturated heterocycles. The average molecular weight is 237 g/mol. The molecule has 0 saturated carbocycles. The minimum atomic E-state index is 0.845. The molecule has 0 radical (unpaired) electrons. The van der Waals surface area contributed by atoms with E-state index in [0.29, 0.717) is 0 Å². The second kappa shape index (κ2) is 4.71. The van der Waals surface area contributed by atoms with Crippen LogP contribution >= 0.6 is 0 Å². The van der Waals surface area contributed by atoms with Crippen molar-refractivity contribution in [1.29, 1.82) is 0 Å². The van der Waals surface area contributed by atoms with E-state index in [-0.39, 0.29) is 0 Å². The van der Waals surface area contributed by atoms with E-state index >= 15 is 0 Å². The predicted molar refractivity (Wildman–Crippen MR) is 70.1 cm³/mol. The second-order valence-corrected chi connectivity index (χ2v) is 3.78. The number of nitrogens with zero attached hydrogens (tertiary/aromatic N) is 2. The van der Waals surface area contributed by atoms with Crippen molar-refractivity contribution in [3.63, 3.8) is 0 Å². The van der Waals surface area contributed by atoms with Crippen LogP contribution in [0.2, 0.25) is 0 Å². The molecule has 0 amide bonds. The zero-order chi connectivity index (χ0) is 12.2. The fourth-order valence-corrected chi connectivity index (χ4v) is 1.69. The first-order valence-electron chi connectivity index (χ1n) is 5.61. The average Bonchev–Trinajstić information content (AvgIpc) is 3.08. The Hall–Kier alpha value is -2.62. The number of aromatic nitrogens is 3. The van der Waals surface area contributed by atoms with Gasteiger partial charge in [0.2, 0.25) is 0 Å². The van der Waals surface area contributed by atoms with E-state index in [2.05, 4.69) is 15.1 Å². The fraction of sp³-hybridized carbons (Fsp3) is 0. The molecular weight excluding hydrogens is 226 g/mol. The highest BCUT2D eigenvalue weighted by atomic mass is 16.5. The van der Waals surface area contributed by atoms with Crippen molar-refractivity contribution in [3.05, 3.63) is 61.1 Å². The smallest absolute Gasteiger partial charge is 0.166 e. The summed E-state index contributed by atoms with van der Waals surface area (Å²) in [7, 11) is 0. The van der Waals surface area contributed by atoms with Gasteiger partial charge in [-0.1, -0.05) is 17.3 Å². The van der Waals surface area contributed by atoms with E-state index < -0.39 is 0 Å². The van der Waals surface area contributed by atoms with Crippen molar-refractivity contribution in [2.45, 2.75) is 0 Å². The topological polar surface area (TPSA) is 54.7 Å². The van der Waals surface area contributed by atoms with Gasteiger partial charge in [0.1, 0.15) is 0 Å². The largest absolute Gasteiger partial charge is 0.360 e. The molecule has 0 atom stereocenters. The predicted octanol–water partition coefficient (Wildman–Crippen LogP) is 3.39. The van der Waals surface area contributed by atoms with Crippen molar-refractivity contribution in [3.8, 4) is 0 Å². The molecule has 4 aromatic rings. The summed E-state index contributed by atoms with van der Waals surface area (Å²) in [5.41, 5.74) is 2.97. The lowest BCUT2D eigenvalue weighted by Crippen LogP contribution is -1.68. The summed E-state index contributed by atoms with van der Waals surface area (Å²) >= 11 is 0. The van der Waals surface area contributed by atoms with Crippen LogP contribution in [0.1, 0.15) is 0 Å². The highest BCUT2D eigenvalue weighted by Gasteiger charge is 1.91. The summed E-state index contributed by atoms with van der Waals surface area (Å²) in [6.07, 6.45) is 5.38. The Morgan fingerprint density at radius 3 is 2.83 bits per heavy atom. The Morgan fingerprint density at radius 1 is 1.00 bits per heavy atom. The summed E-state index contributed by atoms with van der Waals surface area (Å²) in [4.78, 5) is 7.17. The van der Waals surface area contributed by atoms with Gasteiger partial charge in [0, 0.05) is 17.8 Å². The van der Waals surface area contributed by atoms with E-state index in [9.17, 15) is 0 Å². The standard InChI is InChI=1S/C7H6N2.C7H5NO/c1-2-6-7(8-4-1)3-5-9-6;1-2-4-7-6(3-1)5-8-9-7/h1-5,9H;1-5H. The van der Waals surface area contributed by atoms with Crippen LogP contribution < -0.4 is 0 Å². The molecule has 0 spiro atoms. The molecule has 0 aliphatic rings. The van der Waals surface area contributed by atoms with Crippen molar-refractivity contribution in [2.75, 3.05) is 0 Å². The lowest BCUT2D eigenvalue weighted by molar-refractivity contribution is 0.456. The van der Waals surface area contributed by atoms with E-state index in [4.69, 9.17) is 4.52 Å². The quantitative estimate of drug-likeness (QED) is 0.510. The van der Waals surface area contributed by atoms with E-state index in [1.807, 2.05) is 48.7 Å². The maximum Gasteiger partial charge on any atom is 0.166 e. The minimum Gasteiger partial charge on any atom is -0.360 e. The minimum absolute atomic E-state index is 0.845. The molecular formula is C14H11N3O. The Labute approximate surface area is 103 Å². The number of nitrogens with one attached hydrogen (secondary N) is 1. The van der Waals surface area contributed by atoms with Gasteiger partial charge in [-0.3, -0.25) is 4.98 Å². The number of benzene rings is 1. The van der Waals surface area contributed by atoms with Crippen LogP contribution in [0, 0.1) is 0 Å². The lowest BCUT2D eigenvalue weighted by atomic mass is 10.3. The zero-order valence-corrected chi connectivity index (χ0v) is 9.58. The number of hydrogen-bond donors (Lipinski definition) is 1. The first-order chi connectivity index (χ1) is 8.93. The molecule has 3 aromatic heterocycles. The van der Waals surface area contributed by atoms with Gasteiger partial charge in [-0.15, -0.1) is 0 Å². The van der Waals surface area contributed by atoms with E-state index in [0.717, 1.165) is 22.0 Å². The van der Waals surface area contributed by atoms with Gasteiger partial charge >= 0.3 is 0 Å². The van der Waals surface area contributed by atoms with Crippen LogP contribution in [0.25, 0.3) is 22.0 Å². The van der Waals surface area contributed by atoms with Crippen LogP contribution in [0.3, 0.4) is 0 Å². The van der Waals surface area contributed by atoms with E-state index in [1.54, 1.807) is 12.4 Å². The van der Waals surface area contributed by atoms with Crippen molar-refractivity contribution in [1.82, 2.24) is 15.1 Å². The van der Waals surface area contributed by atoms with Gasteiger partial charge in [-0.25, -0.2) is 0 Å². The van der Waals surface area contributed by atoms with E-state index in [1.165, 1.54) is 0 Å². The molecule has 0 bridgehead atoms. The van der Waals surface area contributed by atoms with Gasteiger partial charge in [0.25, 0.3) is 0 Å². The number of pyridine rings is 1. The maximum absolute atomic E-state index is 4.87. The van der Waals surface area contributed by atoms with Gasteiger partial charge < -0.3 is 9.51 Å². The highest BCUT2D eigenvalue weighted by molar-refractivity contribution is 5.75. The third-order valence-corrected chi connectivity index (χ3v) is 2.58. The van der Waals surface area contributed by atoms with Gasteiger partial charge in [-0.2, -0.15) is 0 Å². The normalized spacial score (nSPS) is 10.2. The number of fused-ring (bicyclic) bond motifs is 2.